The summed E-state index contributed by atoms with van der Waals surface area (Å²) in [6.07, 6.45) is 2.22. The highest BCUT2D eigenvalue weighted by atomic mass is 16.5. The fraction of sp³-hybridized carbons (Fsp3) is 0.440. The maximum Gasteiger partial charge on any atom is 0.323 e. The molecule has 4 rings (SSSR count). The van der Waals surface area contributed by atoms with Gasteiger partial charge in [0.25, 0.3) is 5.91 Å². The van der Waals surface area contributed by atoms with Crippen molar-refractivity contribution in [1.82, 2.24) is 10.2 Å². The lowest BCUT2D eigenvalue weighted by Crippen LogP contribution is -2.41. The van der Waals surface area contributed by atoms with Crippen LogP contribution in [0.25, 0.3) is 0 Å². The van der Waals surface area contributed by atoms with Crippen LogP contribution in [0.5, 0.6) is 5.75 Å². The molecule has 0 atom stereocenters. The summed E-state index contributed by atoms with van der Waals surface area (Å²) in [5.74, 6) is 0.524. The number of carbonyl (C=O) groups excluding carboxylic acids is 2. The normalized spacial score (nSPS) is 16.2. The Morgan fingerprint density at radius 1 is 0.971 bits per heavy atom. The van der Waals surface area contributed by atoms with Crippen LogP contribution < -0.4 is 25.6 Å². The van der Waals surface area contributed by atoms with E-state index in [2.05, 4.69) is 25.8 Å². The van der Waals surface area contributed by atoms with E-state index in [-0.39, 0.29) is 11.9 Å². The molecule has 0 spiro atoms. The average Bonchev–Trinajstić information content (AvgIpc) is 3.39. The van der Waals surface area contributed by atoms with E-state index >= 15 is 0 Å². The molecular formula is C25H33N5O4. The Morgan fingerprint density at radius 2 is 1.71 bits per heavy atom. The van der Waals surface area contributed by atoms with E-state index < -0.39 is 0 Å². The number of rotatable bonds is 8. The van der Waals surface area contributed by atoms with Gasteiger partial charge in [-0.2, -0.15) is 0 Å². The van der Waals surface area contributed by atoms with Gasteiger partial charge < -0.3 is 30.3 Å². The number of nitrogens with zero attached hydrogens (tertiary/aromatic N) is 2. The minimum absolute atomic E-state index is 0.132. The summed E-state index contributed by atoms with van der Waals surface area (Å²) >= 11 is 0. The van der Waals surface area contributed by atoms with Gasteiger partial charge in [0.2, 0.25) is 0 Å². The molecule has 0 aromatic heterocycles. The summed E-state index contributed by atoms with van der Waals surface area (Å²) in [6, 6.07) is 12.3. The van der Waals surface area contributed by atoms with Gasteiger partial charge in [-0.1, -0.05) is 6.07 Å². The highest BCUT2D eigenvalue weighted by molar-refractivity contribution is 6.04. The summed E-state index contributed by atoms with van der Waals surface area (Å²) in [7, 11) is 1.58. The van der Waals surface area contributed by atoms with E-state index in [4.69, 9.17) is 9.47 Å². The van der Waals surface area contributed by atoms with Crippen LogP contribution in [0.3, 0.4) is 0 Å². The molecule has 2 saturated heterocycles. The Morgan fingerprint density at radius 3 is 2.44 bits per heavy atom. The number of carbonyl (C=O) groups is 2. The largest absolute Gasteiger partial charge is 0.497 e. The molecule has 3 amide bonds. The van der Waals surface area contributed by atoms with Crippen molar-refractivity contribution in [2.24, 2.45) is 0 Å². The minimum atomic E-state index is -0.388. The molecule has 0 saturated carbocycles. The maximum absolute atomic E-state index is 13.1. The second kappa shape index (κ2) is 11.7. The molecule has 2 aromatic carbocycles. The highest BCUT2D eigenvalue weighted by Crippen LogP contribution is 2.28. The van der Waals surface area contributed by atoms with Gasteiger partial charge in [0, 0.05) is 62.4 Å². The van der Waals surface area contributed by atoms with Crippen molar-refractivity contribution in [3.05, 3.63) is 48.0 Å². The molecule has 2 fully saturated rings. The van der Waals surface area contributed by atoms with E-state index in [1.807, 2.05) is 18.2 Å². The van der Waals surface area contributed by atoms with E-state index in [0.29, 0.717) is 29.2 Å². The van der Waals surface area contributed by atoms with Crippen LogP contribution in [0.4, 0.5) is 21.9 Å². The molecule has 182 valence electrons. The molecule has 9 heteroatoms. The smallest absolute Gasteiger partial charge is 0.323 e. The van der Waals surface area contributed by atoms with Gasteiger partial charge >= 0.3 is 6.03 Å². The zero-order valence-electron chi connectivity index (χ0n) is 19.6. The first-order chi connectivity index (χ1) is 16.6. The highest BCUT2D eigenvalue weighted by Gasteiger charge is 2.21. The van der Waals surface area contributed by atoms with E-state index in [1.54, 1.807) is 31.4 Å². The fourth-order valence-electron chi connectivity index (χ4n) is 4.27. The number of urea groups is 1. The van der Waals surface area contributed by atoms with Crippen molar-refractivity contribution in [1.29, 1.82) is 0 Å². The molecule has 9 nitrogen and oxygen atoms in total. The lowest BCUT2D eigenvalue weighted by molar-refractivity contribution is 0.0383. The van der Waals surface area contributed by atoms with Gasteiger partial charge in [-0.25, -0.2) is 4.79 Å². The zero-order valence-corrected chi connectivity index (χ0v) is 19.6. The van der Waals surface area contributed by atoms with E-state index in [0.717, 1.165) is 64.5 Å². The number of benzene rings is 2. The molecule has 2 aliphatic heterocycles. The van der Waals surface area contributed by atoms with Crippen LogP contribution >= 0.6 is 0 Å². The van der Waals surface area contributed by atoms with Gasteiger partial charge in [-0.3, -0.25) is 9.69 Å². The molecule has 34 heavy (non-hydrogen) atoms. The van der Waals surface area contributed by atoms with Crippen molar-refractivity contribution < 1.29 is 19.1 Å². The van der Waals surface area contributed by atoms with Gasteiger partial charge in [0.1, 0.15) is 5.75 Å². The number of ether oxygens (including phenoxy) is 2. The summed E-state index contributed by atoms with van der Waals surface area (Å²) in [4.78, 5) is 30.2. The number of nitrogens with one attached hydrogen (secondary N) is 3. The summed E-state index contributed by atoms with van der Waals surface area (Å²) in [5.41, 5.74) is 2.65. The van der Waals surface area contributed by atoms with Crippen molar-refractivity contribution in [3.63, 3.8) is 0 Å². The molecule has 2 aliphatic rings. The monoisotopic (exact) mass is 467 g/mol. The molecular weight excluding hydrogens is 434 g/mol. The predicted octanol–water partition coefficient (Wildman–Crippen LogP) is 3.00. The van der Waals surface area contributed by atoms with Crippen LogP contribution in [-0.2, 0) is 4.74 Å². The Hall–Kier alpha value is -3.30. The minimum Gasteiger partial charge on any atom is -0.497 e. The number of hydrogen-bond donors (Lipinski definition) is 3. The number of amides is 3. The van der Waals surface area contributed by atoms with E-state index in [1.165, 1.54) is 0 Å². The van der Waals surface area contributed by atoms with Crippen LogP contribution in [-0.4, -0.2) is 76.4 Å². The van der Waals surface area contributed by atoms with Crippen LogP contribution in [0.2, 0.25) is 0 Å². The third kappa shape index (κ3) is 6.39. The molecule has 0 aliphatic carbocycles. The topological polar surface area (TPSA) is 95.2 Å². The second-order valence-electron chi connectivity index (χ2n) is 8.45. The quantitative estimate of drug-likeness (QED) is 0.553. The van der Waals surface area contributed by atoms with Crippen molar-refractivity contribution >= 4 is 29.0 Å². The summed E-state index contributed by atoms with van der Waals surface area (Å²) in [5, 5.41) is 8.69. The summed E-state index contributed by atoms with van der Waals surface area (Å²) < 4.78 is 10.6. The lowest BCUT2D eigenvalue weighted by atomic mass is 10.1. The Bertz CT molecular complexity index is 987. The Balaban J connectivity index is 1.42. The zero-order chi connectivity index (χ0) is 23.8. The average molecular weight is 468 g/mol. The van der Waals surface area contributed by atoms with Gasteiger partial charge in [0.05, 0.1) is 25.9 Å². The molecule has 2 aromatic rings. The molecule has 0 radical (unpaired) electrons. The van der Waals surface area contributed by atoms with Crippen LogP contribution in [0.1, 0.15) is 23.2 Å². The molecule has 3 N–H and O–H groups in total. The third-order valence-electron chi connectivity index (χ3n) is 6.09. The summed E-state index contributed by atoms with van der Waals surface area (Å²) in [6.45, 7) is 6.44. The first-order valence-corrected chi connectivity index (χ1v) is 11.8. The van der Waals surface area contributed by atoms with Crippen molar-refractivity contribution in [2.75, 3.05) is 75.1 Å². The third-order valence-corrected chi connectivity index (χ3v) is 6.09. The maximum atomic E-state index is 13.1. The van der Waals surface area contributed by atoms with Crippen LogP contribution in [0, 0.1) is 0 Å². The number of hydrogen-bond acceptors (Lipinski definition) is 6. The molecule has 0 unspecified atom stereocenters. The fourth-order valence-corrected chi connectivity index (χ4v) is 4.27. The van der Waals surface area contributed by atoms with E-state index in [9.17, 15) is 9.59 Å². The van der Waals surface area contributed by atoms with Crippen molar-refractivity contribution in [2.45, 2.75) is 12.8 Å². The van der Waals surface area contributed by atoms with Crippen molar-refractivity contribution in [3.8, 4) is 5.75 Å². The number of methoxy groups -OCH3 is 1. The van der Waals surface area contributed by atoms with Gasteiger partial charge in [-0.15, -0.1) is 0 Å². The molecule has 2 heterocycles. The first-order valence-electron chi connectivity index (χ1n) is 11.8. The predicted molar refractivity (Wildman–Crippen MR) is 133 cm³/mol. The lowest BCUT2D eigenvalue weighted by Gasteiger charge is -2.26. The standard InChI is InChI=1S/C25H33N5O4/c1-33-21-6-4-5-19(17-21)27-25(32)28-20-7-8-23(30-10-2-3-11-30)22(18-20)24(31)26-9-12-29-13-15-34-16-14-29/h4-8,17-18H,2-3,9-16H2,1H3,(H,26,31)(H2,27,28,32). The Labute approximate surface area is 200 Å². The Kier molecular flexibility index (Phi) is 8.21. The SMILES string of the molecule is COc1cccc(NC(=O)Nc2ccc(N3CCCC3)c(C(=O)NCCN3CCOCC3)c2)c1. The first kappa shape index (κ1) is 23.8. The molecule has 0 bridgehead atoms. The number of anilines is 3. The van der Waals surface area contributed by atoms with Gasteiger partial charge in [-0.05, 0) is 43.2 Å². The number of morpholine rings is 1. The van der Waals surface area contributed by atoms with Gasteiger partial charge in [0.15, 0.2) is 0 Å². The van der Waals surface area contributed by atoms with Crippen LogP contribution in [0.15, 0.2) is 42.5 Å². The second-order valence-corrected chi connectivity index (χ2v) is 8.45.